The van der Waals surface area contributed by atoms with E-state index in [1.165, 1.54) is 0 Å². The van der Waals surface area contributed by atoms with Crippen LogP contribution in [0.25, 0.3) is 0 Å². The molecule has 0 unspecified atom stereocenters. The molecule has 0 aliphatic rings. The van der Waals surface area contributed by atoms with Crippen molar-refractivity contribution in [1.82, 2.24) is 5.32 Å². The van der Waals surface area contributed by atoms with Crippen LogP contribution in [-0.4, -0.2) is 26.0 Å². The summed E-state index contributed by atoms with van der Waals surface area (Å²) in [4.78, 5) is 14.0. The number of nitrogens with one attached hydrogen (secondary N) is 1. The fourth-order valence-corrected chi connectivity index (χ4v) is 2.39. The third-order valence-electron chi connectivity index (χ3n) is 3.32. The van der Waals surface area contributed by atoms with Crippen molar-refractivity contribution in [2.75, 3.05) is 25.0 Å². The molecule has 0 saturated heterocycles. The summed E-state index contributed by atoms with van der Waals surface area (Å²) in [5.41, 5.74) is 1.98. The molecule has 0 atom stereocenters. The van der Waals surface area contributed by atoms with Crippen molar-refractivity contribution in [2.24, 2.45) is 0 Å². The molecular formula is C17H18Cl2N2O. The van der Waals surface area contributed by atoms with Crippen LogP contribution in [0.3, 0.4) is 0 Å². The van der Waals surface area contributed by atoms with Crippen molar-refractivity contribution in [2.45, 2.75) is 6.42 Å². The minimum absolute atomic E-state index is 0.0279. The first-order valence-corrected chi connectivity index (χ1v) is 7.78. The number of anilines is 1. The fourth-order valence-electron chi connectivity index (χ4n) is 2.07. The molecule has 2 aromatic carbocycles. The van der Waals surface area contributed by atoms with Gasteiger partial charge in [0.15, 0.2) is 0 Å². The van der Waals surface area contributed by atoms with Gasteiger partial charge in [-0.05, 0) is 29.8 Å². The van der Waals surface area contributed by atoms with Crippen LogP contribution in [0.2, 0.25) is 10.0 Å². The molecular weight excluding hydrogens is 319 g/mol. The molecule has 5 heteroatoms. The molecule has 0 heterocycles. The van der Waals surface area contributed by atoms with Gasteiger partial charge in [-0.1, -0.05) is 47.5 Å². The SMILES string of the molecule is CN(CCNC(=O)Cc1ccc(Cl)c(Cl)c1)c1ccccc1. The standard InChI is InChI=1S/C17H18Cl2N2O/c1-21(14-5-3-2-4-6-14)10-9-20-17(22)12-13-7-8-15(18)16(19)11-13/h2-8,11H,9-10,12H2,1H3,(H,20,22). The lowest BCUT2D eigenvalue weighted by Crippen LogP contribution is -2.33. The minimum Gasteiger partial charge on any atom is -0.373 e. The predicted molar refractivity (Wildman–Crippen MR) is 92.9 cm³/mol. The summed E-state index contributed by atoms with van der Waals surface area (Å²) >= 11 is 11.8. The van der Waals surface area contributed by atoms with Crippen LogP contribution in [0.4, 0.5) is 5.69 Å². The Kier molecular flexibility index (Phi) is 6.10. The molecule has 1 amide bonds. The van der Waals surface area contributed by atoms with Crippen molar-refractivity contribution >= 4 is 34.8 Å². The van der Waals surface area contributed by atoms with E-state index in [9.17, 15) is 4.79 Å². The van der Waals surface area contributed by atoms with Gasteiger partial charge in [0.2, 0.25) is 5.91 Å². The van der Waals surface area contributed by atoms with Crippen molar-refractivity contribution < 1.29 is 4.79 Å². The molecule has 2 rings (SSSR count). The minimum atomic E-state index is -0.0279. The number of para-hydroxylation sites is 1. The third kappa shape index (κ3) is 4.93. The molecule has 0 aliphatic heterocycles. The first-order valence-electron chi connectivity index (χ1n) is 7.03. The molecule has 0 bridgehead atoms. The first kappa shape index (κ1) is 16.7. The Morgan fingerprint density at radius 2 is 1.82 bits per heavy atom. The maximum atomic E-state index is 11.9. The van der Waals surface area contributed by atoms with Crippen LogP contribution in [0, 0.1) is 0 Å². The van der Waals surface area contributed by atoms with Crippen molar-refractivity contribution in [3.05, 3.63) is 64.1 Å². The van der Waals surface area contributed by atoms with Crippen LogP contribution in [0.15, 0.2) is 48.5 Å². The average molecular weight is 337 g/mol. The molecule has 3 nitrogen and oxygen atoms in total. The molecule has 0 fully saturated rings. The second-order valence-electron chi connectivity index (χ2n) is 5.03. The van der Waals surface area contributed by atoms with Gasteiger partial charge < -0.3 is 10.2 Å². The zero-order chi connectivity index (χ0) is 15.9. The van der Waals surface area contributed by atoms with Crippen LogP contribution in [-0.2, 0) is 11.2 Å². The van der Waals surface area contributed by atoms with Gasteiger partial charge in [-0.3, -0.25) is 4.79 Å². The topological polar surface area (TPSA) is 32.3 Å². The summed E-state index contributed by atoms with van der Waals surface area (Å²) in [6.07, 6.45) is 0.298. The largest absolute Gasteiger partial charge is 0.373 e. The van der Waals surface area contributed by atoms with Gasteiger partial charge in [0, 0.05) is 25.8 Å². The van der Waals surface area contributed by atoms with Crippen LogP contribution >= 0.6 is 23.2 Å². The number of likely N-dealkylation sites (N-methyl/N-ethyl adjacent to an activating group) is 1. The Hall–Kier alpha value is -1.71. The second kappa shape index (κ2) is 8.06. The Morgan fingerprint density at radius 3 is 2.50 bits per heavy atom. The lowest BCUT2D eigenvalue weighted by Gasteiger charge is -2.19. The van der Waals surface area contributed by atoms with Gasteiger partial charge >= 0.3 is 0 Å². The zero-order valence-electron chi connectivity index (χ0n) is 12.4. The van der Waals surface area contributed by atoms with Crippen molar-refractivity contribution in [3.8, 4) is 0 Å². The highest BCUT2D eigenvalue weighted by molar-refractivity contribution is 6.42. The zero-order valence-corrected chi connectivity index (χ0v) is 13.9. The van der Waals surface area contributed by atoms with Gasteiger partial charge in [0.05, 0.1) is 16.5 Å². The van der Waals surface area contributed by atoms with Gasteiger partial charge in [0.25, 0.3) is 0 Å². The van der Waals surface area contributed by atoms with Crippen LogP contribution in [0.1, 0.15) is 5.56 Å². The van der Waals surface area contributed by atoms with E-state index in [1.54, 1.807) is 12.1 Å². The smallest absolute Gasteiger partial charge is 0.224 e. The molecule has 116 valence electrons. The van der Waals surface area contributed by atoms with Crippen molar-refractivity contribution in [1.29, 1.82) is 0 Å². The quantitative estimate of drug-likeness (QED) is 0.870. The molecule has 0 saturated carbocycles. The molecule has 0 spiro atoms. The molecule has 0 radical (unpaired) electrons. The Morgan fingerprint density at radius 1 is 1.09 bits per heavy atom. The first-order chi connectivity index (χ1) is 10.6. The summed E-state index contributed by atoms with van der Waals surface area (Å²) in [6.45, 7) is 1.34. The van der Waals surface area contributed by atoms with E-state index in [-0.39, 0.29) is 5.91 Å². The van der Waals surface area contributed by atoms with Gasteiger partial charge in [-0.2, -0.15) is 0 Å². The number of carbonyl (C=O) groups excluding carboxylic acids is 1. The van der Waals surface area contributed by atoms with E-state index in [2.05, 4.69) is 10.2 Å². The average Bonchev–Trinajstić information content (AvgIpc) is 2.51. The second-order valence-corrected chi connectivity index (χ2v) is 5.85. The maximum absolute atomic E-state index is 11.9. The normalized spacial score (nSPS) is 10.3. The molecule has 2 aromatic rings. The highest BCUT2D eigenvalue weighted by Gasteiger charge is 2.06. The number of halogens is 2. The van der Waals surface area contributed by atoms with Crippen LogP contribution in [0.5, 0.6) is 0 Å². The third-order valence-corrected chi connectivity index (χ3v) is 4.05. The van der Waals surface area contributed by atoms with Gasteiger partial charge in [0.1, 0.15) is 0 Å². The van der Waals surface area contributed by atoms with E-state index in [0.717, 1.165) is 17.8 Å². The summed E-state index contributed by atoms with van der Waals surface area (Å²) in [5, 5.41) is 3.87. The summed E-state index contributed by atoms with van der Waals surface area (Å²) < 4.78 is 0. The molecule has 22 heavy (non-hydrogen) atoms. The molecule has 0 aromatic heterocycles. The molecule has 0 aliphatic carbocycles. The highest BCUT2D eigenvalue weighted by Crippen LogP contribution is 2.22. The summed E-state index contributed by atoms with van der Waals surface area (Å²) in [7, 11) is 2.00. The van der Waals surface area contributed by atoms with E-state index < -0.39 is 0 Å². The van der Waals surface area contributed by atoms with Gasteiger partial charge in [-0.15, -0.1) is 0 Å². The van der Waals surface area contributed by atoms with E-state index in [0.29, 0.717) is 23.0 Å². The lowest BCUT2D eigenvalue weighted by molar-refractivity contribution is -0.120. The summed E-state index contributed by atoms with van der Waals surface area (Å²) in [6, 6.07) is 15.3. The highest BCUT2D eigenvalue weighted by atomic mass is 35.5. The number of hydrogen-bond donors (Lipinski definition) is 1. The van der Waals surface area contributed by atoms with Gasteiger partial charge in [-0.25, -0.2) is 0 Å². The lowest BCUT2D eigenvalue weighted by atomic mass is 10.1. The fraction of sp³-hybridized carbons (Fsp3) is 0.235. The number of benzene rings is 2. The summed E-state index contributed by atoms with van der Waals surface area (Å²) in [5.74, 6) is -0.0279. The predicted octanol–water partition coefficient (Wildman–Crippen LogP) is 3.79. The Labute approximate surface area is 140 Å². The number of amides is 1. The number of nitrogens with zero attached hydrogens (tertiary/aromatic N) is 1. The van der Waals surface area contributed by atoms with E-state index in [4.69, 9.17) is 23.2 Å². The molecule has 1 N–H and O–H groups in total. The van der Waals surface area contributed by atoms with Crippen LogP contribution < -0.4 is 10.2 Å². The monoisotopic (exact) mass is 336 g/mol. The Balaban J connectivity index is 1.77. The van der Waals surface area contributed by atoms with Crippen molar-refractivity contribution in [3.63, 3.8) is 0 Å². The van der Waals surface area contributed by atoms with E-state index >= 15 is 0 Å². The maximum Gasteiger partial charge on any atom is 0.224 e. The Bertz CT molecular complexity index is 632. The number of rotatable bonds is 6. The number of hydrogen-bond acceptors (Lipinski definition) is 2. The number of carbonyl (C=O) groups is 1. The van der Waals surface area contributed by atoms with E-state index in [1.807, 2.05) is 43.4 Å².